The molecular formula is C11H10FN3O2. The Morgan fingerprint density at radius 1 is 1.35 bits per heavy atom. The average molecular weight is 235 g/mol. The number of hydrogen-bond acceptors (Lipinski definition) is 4. The van der Waals surface area contributed by atoms with Gasteiger partial charge in [0, 0.05) is 6.54 Å². The van der Waals surface area contributed by atoms with Crippen LogP contribution in [0.2, 0.25) is 0 Å². The summed E-state index contributed by atoms with van der Waals surface area (Å²) >= 11 is 0. The van der Waals surface area contributed by atoms with E-state index >= 15 is 0 Å². The lowest BCUT2D eigenvalue weighted by Crippen LogP contribution is -2.14. The number of H-pyrrole nitrogens is 1. The predicted octanol–water partition coefficient (Wildman–Crippen LogP) is 1.23. The van der Waals surface area contributed by atoms with E-state index in [1.165, 1.54) is 12.1 Å². The molecule has 2 rings (SSSR count). The number of hydrogen-bond donors (Lipinski definition) is 3. The van der Waals surface area contributed by atoms with E-state index in [0.717, 1.165) is 11.9 Å². The van der Waals surface area contributed by atoms with Gasteiger partial charge < -0.3 is 15.4 Å². The fraction of sp³-hybridized carbons (Fsp3) is 0.0909. The van der Waals surface area contributed by atoms with Crippen LogP contribution in [0.25, 0.3) is 0 Å². The first-order valence-electron chi connectivity index (χ1n) is 4.92. The number of aromatic amines is 1. The van der Waals surface area contributed by atoms with Gasteiger partial charge in [0.25, 0.3) is 5.56 Å². The minimum atomic E-state index is -0.459. The van der Waals surface area contributed by atoms with E-state index in [2.05, 4.69) is 15.3 Å². The molecule has 0 saturated carbocycles. The number of nitrogens with one attached hydrogen (secondary N) is 2. The van der Waals surface area contributed by atoms with Crippen LogP contribution in [0.1, 0.15) is 5.56 Å². The molecule has 0 unspecified atom stereocenters. The smallest absolute Gasteiger partial charge is 0.278 e. The monoisotopic (exact) mass is 235 g/mol. The first-order chi connectivity index (χ1) is 8.16. The van der Waals surface area contributed by atoms with Crippen LogP contribution in [0.5, 0.6) is 5.88 Å². The first-order valence-corrected chi connectivity index (χ1v) is 4.92. The highest BCUT2D eigenvalue weighted by atomic mass is 19.1. The summed E-state index contributed by atoms with van der Waals surface area (Å²) in [6, 6.07) is 5.82. The Bertz CT molecular complexity index is 566. The van der Waals surface area contributed by atoms with Crippen molar-refractivity contribution in [2.24, 2.45) is 0 Å². The molecule has 1 aromatic heterocycles. The molecule has 0 spiro atoms. The molecule has 0 aliphatic rings. The van der Waals surface area contributed by atoms with Crippen molar-refractivity contribution in [1.29, 1.82) is 0 Å². The van der Waals surface area contributed by atoms with E-state index in [1.54, 1.807) is 12.1 Å². The van der Waals surface area contributed by atoms with Crippen LogP contribution in [-0.4, -0.2) is 15.1 Å². The van der Waals surface area contributed by atoms with Crippen LogP contribution < -0.4 is 10.9 Å². The van der Waals surface area contributed by atoms with Crippen molar-refractivity contribution in [1.82, 2.24) is 9.97 Å². The van der Waals surface area contributed by atoms with E-state index in [-0.39, 0.29) is 17.4 Å². The Morgan fingerprint density at radius 2 is 2.06 bits per heavy atom. The van der Waals surface area contributed by atoms with E-state index in [1.807, 2.05) is 0 Å². The summed E-state index contributed by atoms with van der Waals surface area (Å²) in [7, 11) is 0. The highest BCUT2D eigenvalue weighted by molar-refractivity contribution is 5.49. The van der Waals surface area contributed by atoms with Crippen LogP contribution in [0, 0.1) is 5.82 Å². The Hall–Kier alpha value is -2.37. The van der Waals surface area contributed by atoms with Crippen LogP contribution in [0.15, 0.2) is 35.4 Å². The summed E-state index contributed by atoms with van der Waals surface area (Å²) in [5.41, 5.74) is 0.325. The molecule has 0 bridgehead atoms. The Morgan fingerprint density at radius 3 is 2.71 bits per heavy atom. The summed E-state index contributed by atoms with van der Waals surface area (Å²) in [6.45, 7) is 0.294. The van der Waals surface area contributed by atoms with Gasteiger partial charge in [0.05, 0.1) is 6.33 Å². The van der Waals surface area contributed by atoms with Crippen molar-refractivity contribution in [3.63, 3.8) is 0 Å². The molecule has 3 N–H and O–H groups in total. The van der Waals surface area contributed by atoms with Crippen LogP contribution >= 0.6 is 0 Å². The fourth-order valence-electron chi connectivity index (χ4n) is 1.34. The summed E-state index contributed by atoms with van der Waals surface area (Å²) < 4.78 is 12.7. The van der Waals surface area contributed by atoms with Crippen LogP contribution in [0.4, 0.5) is 10.1 Å². The van der Waals surface area contributed by atoms with Crippen molar-refractivity contribution in [3.8, 4) is 5.88 Å². The average Bonchev–Trinajstić information content (AvgIpc) is 2.31. The normalized spacial score (nSPS) is 10.2. The van der Waals surface area contributed by atoms with Gasteiger partial charge in [-0.25, -0.2) is 9.37 Å². The van der Waals surface area contributed by atoms with E-state index in [0.29, 0.717) is 6.54 Å². The molecule has 5 nitrogen and oxygen atoms in total. The van der Waals surface area contributed by atoms with E-state index in [4.69, 9.17) is 0 Å². The van der Waals surface area contributed by atoms with Crippen molar-refractivity contribution in [3.05, 3.63) is 52.3 Å². The van der Waals surface area contributed by atoms with Gasteiger partial charge >= 0.3 is 0 Å². The molecule has 0 saturated heterocycles. The van der Waals surface area contributed by atoms with Crippen molar-refractivity contribution in [2.45, 2.75) is 6.54 Å². The Balaban J connectivity index is 2.12. The molecule has 0 aliphatic heterocycles. The van der Waals surface area contributed by atoms with Gasteiger partial charge in [-0.1, -0.05) is 12.1 Å². The molecule has 6 heteroatoms. The molecule has 0 aliphatic carbocycles. The highest BCUT2D eigenvalue weighted by Crippen LogP contribution is 2.13. The second kappa shape index (κ2) is 4.65. The lowest BCUT2D eigenvalue weighted by atomic mass is 10.2. The molecule has 0 fully saturated rings. The van der Waals surface area contributed by atoms with Crippen molar-refractivity contribution < 1.29 is 9.50 Å². The third-order valence-corrected chi connectivity index (χ3v) is 2.22. The lowest BCUT2D eigenvalue weighted by Gasteiger charge is -2.06. The molecule has 2 aromatic rings. The second-order valence-corrected chi connectivity index (χ2v) is 3.41. The zero-order valence-corrected chi connectivity index (χ0v) is 8.77. The SMILES string of the molecule is O=c1[nH]cnc(O)c1NCc1ccc(F)cc1. The van der Waals surface area contributed by atoms with Gasteiger partial charge in [0.15, 0.2) is 5.69 Å². The topological polar surface area (TPSA) is 78.0 Å². The van der Waals surface area contributed by atoms with Gasteiger partial charge in [-0.15, -0.1) is 0 Å². The zero-order chi connectivity index (χ0) is 12.3. The molecule has 1 aromatic carbocycles. The fourth-order valence-corrected chi connectivity index (χ4v) is 1.34. The largest absolute Gasteiger partial charge is 0.492 e. The highest BCUT2D eigenvalue weighted by Gasteiger charge is 2.06. The van der Waals surface area contributed by atoms with Gasteiger partial charge in [0.2, 0.25) is 5.88 Å². The molecule has 0 radical (unpaired) electrons. The van der Waals surface area contributed by atoms with Crippen LogP contribution in [0.3, 0.4) is 0 Å². The van der Waals surface area contributed by atoms with Gasteiger partial charge in [-0.2, -0.15) is 0 Å². The number of rotatable bonds is 3. The molecular weight excluding hydrogens is 225 g/mol. The number of halogens is 1. The minimum absolute atomic E-state index is 0.00294. The predicted molar refractivity (Wildman–Crippen MR) is 60.2 cm³/mol. The number of nitrogens with zero attached hydrogens (tertiary/aromatic N) is 1. The third-order valence-electron chi connectivity index (χ3n) is 2.22. The number of benzene rings is 1. The van der Waals surface area contributed by atoms with Gasteiger partial charge in [-0.3, -0.25) is 4.79 Å². The summed E-state index contributed by atoms with van der Waals surface area (Å²) in [5, 5.41) is 12.1. The molecule has 17 heavy (non-hydrogen) atoms. The summed E-state index contributed by atoms with van der Waals surface area (Å²) in [6.07, 6.45) is 1.11. The Labute approximate surface area is 96.0 Å². The first kappa shape index (κ1) is 11.1. The van der Waals surface area contributed by atoms with Crippen LogP contribution in [-0.2, 0) is 6.54 Å². The maximum absolute atomic E-state index is 12.7. The quantitative estimate of drug-likeness (QED) is 0.747. The standard InChI is InChI=1S/C11H10FN3O2/c12-8-3-1-7(2-4-8)5-13-9-10(16)14-6-15-11(9)17/h1-4,6,13H,5H2,(H2,14,15,16,17). The van der Waals surface area contributed by atoms with Crippen molar-refractivity contribution in [2.75, 3.05) is 5.32 Å². The van der Waals surface area contributed by atoms with Gasteiger partial charge in [0.1, 0.15) is 5.82 Å². The maximum atomic E-state index is 12.7. The minimum Gasteiger partial charge on any atom is -0.492 e. The third kappa shape index (κ3) is 2.60. The molecule has 0 amide bonds. The lowest BCUT2D eigenvalue weighted by molar-refractivity contribution is 0.453. The van der Waals surface area contributed by atoms with Crippen molar-refractivity contribution >= 4 is 5.69 Å². The zero-order valence-electron chi connectivity index (χ0n) is 8.77. The maximum Gasteiger partial charge on any atom is 0.278 e. The van der Waals surface area contributed by atoms with E-state index < -0.39 is 5.56 Å². The van der Waals surface area contributed by atoms with Gasteiger partial charge in [-0.05, 0) is 17.7 Å². The molecule has 0 atom stereocenters. The summed E-state index contributed by atoms with van der Waals surface area (Å²) in [4.78, 5) is 17.2. The second-order valence-electron chi connectivity index (χ2n) is 3.41. The van der Waals surface area contributed by atoms with E-state index in [9.17, 15) is 14.3 Å². The molecule has 1 heterocycles. The number of aromatic hydroxyl groups is 1. The number of aromatic nitrogens is 2. The molecule has 88 valence electrons. The number of anilines is 1. The Kier molecular flexibility index (Phi) is 3.04. The summed E-state index contributed by atoms with van der Waals surface area (Å²) in [5.74, 6) is -0.688.